The molecule has 2 rings (SSSR count). The van der Waals surface area contributed by atoms with Gasteiger partial charge in [0.05, 0.1) is 0 Å². The van der Waals surface area contributed by atoms with Crippen LogP contribution >= 0.6 is 0 Å². The first-order chi connectivity index (χ1) is 7.99. The predicted molar refractivity (Wildman–Crippen MR) is 60.7 cm³/mol. The highest BCUT2D eigenvalue weighted by atomic mass is 16.4. The van der Waals surface area contributed by atoms with Crippen molar-refractivity contribution in [3.63, 3.8) is 0 Å². The molecule has 90 valence electrons. The van der Waals surface area contributed by atoms with Crippen LogP contribution in [0, 0.1) is 12.8 Å². The fourth-order valence-corrected chi connectivity index (χ4v) is 1.72. The molecule has 0 aromatic carbocycles. The number of aryl methyl sites for hydroxylation is 1. The summed E-state index contributed by atoms with van der Waals surface area (Å²) in [6, 6.07) is 0. The van der Waals surface area contributed by atoms with Gasteiger partial charge in [0.1, 0.15) is 5.92 Å². The lowest BCUT2D eigenvalue weighted by Crippen LogP contribution is -2.19. The molecule has 1 N–H and O–H groups in total. The Morgan fingerprint density at radius 2 is 2.18 bits per heavy atom. The van der Waals surface area contributed by atoms with Gasteiger partial charge in [-0.25, -0.2) is 9.50 Å². The van der Waals surface area contributed by atoms with Gasteiger partial charge in [-0.2, -0.15) is 4.98 Å². The fraction of sp³-hybridized carbons (Fsp3) is 0.455. The molecule has 6 heteroatoms. The van der Waals surface area contributed by atoms with Crippen molar-refractivity contribution in [2.45, 2.75) is 26.7 Å². The molecule has 2 aromatic rings. The van der Waals surface area contributed by atoms with Crippen molar-refractivity contribution < 1.29 is 9.90 Å². The van der Waals surface area contributed by atoms with E-state index in [0.29, 0.717) is 11.6 Å². The number of carboxylic acid groups (broad SMARTS) is 1. The predicted octanol–water partition coefficient (Wildman–Crippen LogP) is 1.26. The lowest BCUT2D eigenvalue weighted by Gasteiger charge is -2.11. The minimum absolute atomic E-state index is 0.0639. The van der Waals surface area contributed by atoms with Crippen LogP contribution in [-0.4, -0.2) is 30.7 Å². The summed E-state index contributed by atoms with van der Waals surface area (Å²) in [5.41, 5.74) is 0.949. The molecule has 0 spiro atoms. The molecular weight excluding hydrogens is 220 g/mol. The first kappa shape index (κ1) is 11.5. The van der Waals surface area contributed by atoms with E-state index in [1.807, 2.05) is 20.8 Å². The standard InChI is InChI=1S/C11H14N4O2/c1-6(2)8(10(16)17)9-13-11-12-4-7(3)5-15(11)14-9/h4-6,8H,1-3H3,(H,16,17). The summed E-state index contributed by atoms with van der Waals surface area (Å²) in [4.78, 5) is 19.4. The molecule has 2 aromatic heterocycles. The van der Waals surface area contributed by atoms with Crippen molar-refractivity contribution in [2.24, 2.45) is 5.92 Å². The van der Waals surface area contributed by atoms with Gasteiger partial charge in [-0.05, 0) is 18.4 Å². The first-order valence-electron chi connectivity index (χ1n) is 5.40. The van der Waals surface area contributed by atoms with Crippen LogP contribution in [0.4, 0.5) is 0 Å². The highest BCUT2D eigenvalue weighted by Gasteiger charge is 2.28. The third-order valence-electron chi connectivity index (χ3n) is 2.55. The molecule has 1 unspecified atom stereocenters. The van der Waals surface area contributed by atoms with Crippen LogP contribution in [0.2, 0.25) is 0 Å². The molecule has 0 aliphatic rings. The topological polar surface area (TPSA) is 80.4 Å². The molecule has 2 heterocycles. The molecule has 6 nitrogen and oxygen atoms in total. The first-order valence-corrected chi connectivity index (χ1v) is 5.40. The number of fused-ring (bicyclic) bond motifs is 1. The number of hydrogen-bond donors (Lipinski definition) is 1. The Morgan fingerprint density at radius 1 is 1.47 bits per heavy atom. The van der Waals surface area contributed by atoms with Gasteiger partial charge >= 0.3 is 5.97 Å². The van der Waals surface area contributed by atoms with Gasteiger partial charge in [-0.1, -0.05) is 13.8 Å². The molecule has 0 aliphatic heterocycles. The van der Waals surface area contributed by atoms with E-state index in [1.165, 1.54) is 4.52 Å². The maximum atomic E-state index is 11.2. The van der Waals surface area contributed by atoms with Gasteiger partial charge in [0.25, 0.3) is 5.78 Å². The summed E-state index contributed by atoms with van der Waals surface area (Å²) in [6.07, 6.45) is 3.46. The Labute approximate surface area is 98.3 Å². The second-order valence-electron chi connectivity index (χ2n) is 4.41. The van der Waals surface area contributed by atoms with Crippen molar-refractivity contribution in [1.82, 2.24) is 19.6 Å². The lowest BCUT2D eigenvalue weighted by atomic mass is 9.95. The quantitative estimate of drug-likeness (QED) is 0.864. The lowest BCUT2D eigenvalue weighted by molar-refractivity contribution is -0.140. The largest absolute Gasteiger partial charge is 0.481 e. The average molecular weight is 234 g/mol. The molecule has 0 fully saturated rings. The number of carbonyl (C=O) groups is 1. The van der Waals surface area contributed by atoms with Crippen molar-refractivity contribution in [3.05, 3.63) is 23.8 Å². The van der Waals surface area contributed by atoms with E-state index in [4.69, 9.17) is 5.11 Å². The fourth-order valence-electron chi connectivity index (χ4n) is 1.72. The molecule has 17 heavy (non-hydrogen) atoms. The summed E-state index contributed by atoms with van der Waals surface area (Å²) in [5.74, 6) is -0.932. The number of nitrogens with zero attached hydrogens (tertiary/aromatic N) is 4. The highest BCUT2D eigenvalue weighted by Crippen LogP contribution is 2.21. The molecular formula is C11H14N4O2. The van der Waals surface area contributed by atoms with Gasteiger partial charge in [-0.15, -0.1) is 5.10 Å². The van der Waals surface area contributed by atoms with Gasteiger partial charge in [0.15, 0.2) is 5.82 Å². The maximum Gasteiger partial charge on any atom is 0.314 e. The zero-order chi connectivity index (χ0) is 12.6. The second-order valence-corrected chi connectivity index (χ2v) is 4.41. The monoisotopic (exact) mass is 234 g/mol. The molecule has 1 atom stereocenters. The van der Waals surface area contributed by atoms with Gasteiger partial charge in [0, 0.05) is 12.4 Å². The van der Waals surface area contributed by atoms with Gasteiger partial charge in [-0.3, -0.25) is 4.79 Å². The summed E-state index contributed by atoms with van der Waals surface area (Å²) in [7, 11) is 0. The molecule has 0 amide bonds. The average Bonchev–Trinajstić information content (AvgIpc) is 2.58. The number of aliphatic carboxylic acids is 1. The van der Waals surface area contributed by atoms with Crippen LogP contribution in [0.15, 0.2) is 12.4 Å². The van der Waals surface area contributed by atoms with Crippen LogP contribution in [0.5, 0.6) is 0 Å². The number of rotatable bonds is 3. The smallest absolute Gasteiger partial charge is 0.314 e. The van der Waals surface area contributed by atoms with E-state index < -0.39 is 11.9 Å². The second kappa shape index (κ2) is 4.12. The maximum absolute atomic E-state index is 11.2. The summed E-state index contributed by atoms with van der Waals surface area (Å²) < 4.78 is 1.52. The Hall–Kier alpha value is -1.98. The molecule has 0 saturated heterocycles. The van der Waals surface area contributed by atoms with E-state index in [2.05, 4.69) is 15.1 Å². The van der Waals surface area contributed by atoms with Crippen LogP contribution < -0.4 is 0 Å². The van der Waals surface area contributed by atoms with Crippen molar-refractivity contribution >= 4 is 11.7 Å². The third-order valence-corrected chi connectivity index (χ3v) is 2.55. The summed E-state index contributed by atoms with van der Waals surface area (Å²) in [5, 5.41) is 13.3. The SMILES string of the molecule is Cc1cnc2nc(C(C(=O)O)C(C)C)nn2c1. The van der Waals surface area contributed by atoms with Crippen LogP contribution in [0.25, 0.3) is 5.78 Å². The van der Waals surface area contributed by atoms with E-state index in [0.717, 1.165) is 5.56 Å². The molecule has 0 radical (unpaired) electrons. The molecule has 0 bridgehead atoms. The summed E-state index contributed by atoms with van der Waals surface area (Å²) in [6.45, 7) is 5.57. The Morgan fingerprint density at radius 3 is 2.76 bits per heavy atom. The minimum Gasteiger partial charge on any atom is -0.481 e. The normalized spacial score (nSPS) is 13.2. The van der Waals surface area contributed by atoms with Crippen LogP contribution in [0.1, 0.15) is 31.2 Å². The zero-order valence-corrected chi connectivity index (χ0v) is 9.95. The van der Waals surface area contributed by atoms with E-state index >= 15 is 0 Å². The highest BCUT2D eigenvalue weighted by molar-refractivity contribution is 5.75. The molecule has 0 saturated carbocycles. The van der Waals surface area contributed by atoms with Gasteiger partial charge < -0.3 is 5.11 Å². The number of hydrogen-bond acceptors (Lipinski definition) is 4. The van der Waals surface area contributed by atoms with Crippen LogP contribution in [-0.2, 0) is 4.79 Å². The van der Waals surface area contributed by atoms with Crippen molar-refractivity contribution in [1.29, 1.82) is 0 Å². The zero-order valence-electron chi connectivity index (χ0n) is 9.95. The third kappa shape index (κ3) is 2.11. The van der Waals surface area contributed by atoms with Gasteiger partial charge in [0.2, 0.25) is 0 Å². The van der Waals surface area contributed by atoms with E-state index in [1.54, 1.807) is 12.4 Å². The van der Waals surface area contributed by atoms with Crippen molar-refractivity contribution in [2.75, 3.05) is 0 Å². The van der Waals surface area contributed by atoms with E-state index in [9.17, 15) is 4.79 Å². The van der Waals surface area contributed by atoms with Crippen LogP contribution in [0.3, 0.4) is 0 Å². The Bertz CT molecular complexity index is 562. The Kier molecular flexibility index (Phi) is 2.79. The van der Waals surface area contributed by atoms with E-state index in [-0.39, 0.29) is 5.92 Å². The Balaban J connectivity index is 2.51. The summed E-state index contributed by atoms with van der Waals surface area (Å²) >= 11 is 0. The van der Waals surface area contributed by atoms with Crippen molar-refractivity contribution in [3.8, 4) is 0 Å². The minimum atomic E-state index is -0.910. The molecule has 0 aliphatic carbocycles. The number of carboxylic acids is 1. The number of aromatic nitrogens is 4.